The topological polar surface area (TPSA) is 12.0 Å². The summed E-state index contributed by atoms with van der Waals surface area (Å²) in [5, 5.41) is 6.40. The van der Waals surface area contributed by atoms with Gasteiger partial charge in [0, 0.05) is 4.88 Å². The Balaban J connectivity index is 2.36. The fourth-order valence-corrected chi connectivity index (χ4v) is 3.75. The van der Waals surface area contributed by atoms with Gasteiger partial charge in [0.15, 0.2) is 0 Å². The van der Waals surface area contributed by atoms with Gasteiger partial charge in [-0.2, -0.15) is 0 Å². The first-order valence-electron chi connectivity index (χ1n) is 6.67. The molecule has 102 valence electrons. The Kier molecular flexibility index (Phi) is 5.03. The van der Waals surface area contributed by atoms with E-state index in [1.807, 2.05) is 7.05 Å². The Morgan fingerprint density at radius 3 is 2.74 bits per heavy atom. The second kappa shape index (κ2) is 6.56. The molecule has 0 saturated heterocycles. The van der Waals surface area contributed by atoms with Crippen molar-refractivity contribution in [1.82, 2.24) is 5.32 Å². The third-order valence-corrected chi connectivity index (χ3v) is 5.08. The predicted molar refractivity (Wildman–Crippen MR) is 85.4 cm³/mol. The van der Waals surface area contributed by atoms with Crippen molar-refractivity contribution in [3.63, 3.8) is 0 Å². The van der Waals surface area contributed by atoms with Gasteiger partial charge in [-0.15, -0.1) is 11.3 Å². The maximum absolute atomic E-state index is 6.40. The summed E-state index contributed by atoms with van der Waals surface area (Å²) in [6.45, 7) is 4.27. The van der Waals surface area contributed by atoms with Crippen molar-refractivity contribution in [2.45, 2.75) is 32.7 Å². The number of aryl methyl sites for hydroxylation is 2. The monoisotopic (exact) mass is 293 g/mol. The summed E-state index contributed by atoms with van der Waals surface area (Å²) >= 11 is 8.13. The summed E-state index contributed by atoms with van der Waals surface area (Å²) in [5.41, 5.74) is 3.84. The molecular formula is C16H20ClNS. The summed E-state index contributed by atoms with van der Waals surface area (Å²) in [4.78, 5) is 1.20. The second-order valence-corrected chi connectivity index (χ2v) is 6.10. The van der Waals surface area contributed by atoms with Crippen molar-refractivity contribution in [2.75, 3.05) is 7.05 Å². The van der Waals surface area contributed by atoms with Gasteiger partial charge in [0.25, 0.3) is 0 Å². The van der Waals surface area contributed by atoms with Crippen LogP contribution in [0.5, 0.6) is 0 Å². The van der Waals surface area contributed by atoms with Crippen molar-refractivity contribution in [2.24, 2.45) is 0 Å². The van der Waals surface area contributed by atoms with Gasteiger partial charge in [0.2, 0.25) is 0 Å². The lowest BCUT2D eigenvalue weighted by Crippen LogP contribution is -2.17. The number of benzene rings is 1. The Morgan fingerprint density at radius 2 is 2.16 bits per heavy atom. The normalized spacial score (nSPS) is 12.6. The number of hydrogen-bond acceptors (Lipinski definition) is 2. The minimum Gasteiger partial charge on any atom is -0.309 e. The van der Waals surface area contributed by atoms with Crippen LogP contribution < -0.4 is 5.32 Å². The highest BCUT2D eigenvalue weighted by Crippen LogP contribution is 2.35. The molecule has 0 aliphatic carbocycles. The first-order valence-corrected chi connectivity index (χ1v) is 7.92. The molecule has 2 rings (SSSR count). The lowest BCUT2D eigenvalue weighted by atomic mass is 10.0. The SMILES string of the molecule is CCCc1cccc(C(NC)c2scc(C)c2Cl)c1. The van der Waals surface area contributed by atoms with E-state index in [4.69, 9.17) is 11.6 Å². The summed E-state index contributed by atoms with van der Waals surface area (Å²) < 4.78 is 0. The largest absolute Gasteiger partial charge is 0.309 e. The first-order chi connectivity index (χ1) is 9.17. The summed E-state index contributed by atoms with van der Waals surface area (Å²) in [6, 6.07) is 8.98. The Hall–Kier alpha value is -0.830. The molecule has 0 saturated carbocycles. The van der Waals surface area contributed by atoms with E-state index in [-0.39, 0.29) is 6.04 Å². The molecule has 1 heterocycles. The highest BCUT2D eigenvalue weighted by molar-refractivity contribution is 7.10. The second-order valence-electron chi connectivity index (χ2n) is 4.81. The van der Waals surface area contributed by atoms with E-state index in [1.54, 1.807) is 11.3 Å². The Bertz CT molecular complexity index is 547. The molecule has 1 atom stereocenters. The maximum Gasteiger partial charge on any atom is 0.0683 e. The van der Waals surface area contributed by atoms with E-state index < -0.39 is 0 Å². The van der Waals surface area contributed by atoms with E-state index in [1.165, 1.54) is 22.4 Å². The van der Waals surface area contributed by atoms with Gasteiger partial charge >= 0.3 is 0 Å². The maximum atomic E-state index is 6.40. The zero-order valence-corrected chi connectivity index (χ0v) is 13.2. The van der Waals surface area contributed by atoms with Gasteiger partial charge in [-0.3, -0.25) is 0 Å². The number of nitrogens with one attached hydrogen (secondary N) is 1. The van der Waals surface area contributed by atoms with Crippen molar-refractivity contribution in [1.29, 1.82) is 0 Å². The molecule has 0 fully saturated rings. The lowest BCUT2D eigenvalue weighted by Gasteiger charge is -2.17. The molecule has 0 bridgehead atoms. The van der Waals surface area contributed by atoms with Gasteiger partial charge in [0.1, 0.15) is 0 Å². The minimum atomic E-state index is 0.183. The van der Waals surface area contributed by atoms with Crippen LogP contribution >= 0.6 is 22.9 Å². The number of halogens is 1. The quantitative estimate of drug-likeness (QED) is 0.820. The molecule has 1 aromatic carbocycles. The van der Waals surface area contributed by atoms with Crippen LogP contribution in [0.25, 0.3) is 0 Å². The van der Waals surface area contributed by atoms with Crippen molar-refractivity contribution >= 4 is 22.9 Å². The lowest BCUT2D eigenvalue weighted by molar-refractivity contribution is 0.702. The molecule has 0 radical (unpaired) electrons. The zero-order chi connectivity index (χ0) is 13.8. The molecule has 1 aromatic heterocycles. The number of rotatable bonds is 5. The minimum absolute atomic E-state index is 0.183. The molecule has 0 aliphatic rings. The van der Waals surface area contributed by atoms with E-state index in [0.29, 0.717) is 0 Å². The van der Waals surface area contributed by atoms with E-state index in [0.717, 1.165) is 17.0 Å². The summed E-state index contributed by atoms with van der Waals surface area (Å²) in [7, 11) is 1.99. The van der Waals surface area contributed by atoms with Gasteiger partial charge in [-0.05, 0) is 42.5 Å². The van der Waals surface area contributed by atoms with Crippen LogP contribution in [0.15, 0.2) is 29.6 Å². The van der Waals surface area contributed by atoms with Crippen LogP contribution in [0, 0.1) is 6.92 Å². The van der Waals surface area contributed by atoms with Crippen molar-refractivity contribution in [3.8, 4) is 0 Å². The molecule has 0 amide bonds. The number of hydrogen-bond donors (Lipinski definition) is 1. The molecule has 1 N–H and O–H groups in total. The van der Waals surface area contributed by atoms with Crippen LogP contribution in [0.2, 0.25) is 5.02 Å². The molecule has 0 aliphatic heterocycles. The van der Waals surface area contributed by atoms with Crippen LogP contribution in [0.4, 0.5) is 0 Å². The third-order valence-electron chi connectivity index (χ3n) is 3.30. The molecule has 3 heteroatoms. The fourth-order valence-electron chi connectivity index (χ4n) is 2.31. The first kappa shape index (κ1) is 14.6. The average molecular weight is 294 g/mol. The van der Waals surface area contributed by atoms with E-state index in [9.17, 15) is 0 Å². The van der Waals surface area contributed by atoms with Crippen LogP contribution in [-0.4, -0.2) is 7.05 Å². The standard InChI is InChI=1S/C16H20ClNS/c1-4-6-12-7-5-8-13(9-12)15(18-3)16-14(17)11(2)10-19-16/h5,7-10,15,18H,4,6H2,1-3H3. The molecule has 19 heavy (non-hydrogen) atoms. The van der Waals surface area contributed by atoms with Gasteiger partial charge in [0.05, 0.1) is 11.1 Å². The highest BCUT2D eigenvalue weighted by atomic mass is 35.5. The smallest absolute Gasteiger partial charge is 0.0683 e. The zero-order valence-electron chi connectivity index (χ0n) is 11.7. The van der Waals surface area contributed by atoms with E-state index in [2.05, 4.69) is 48.8 Å². The van der Waals surface area contributed by atoms with Crippen LogP contribution in [-0.2, 0) is 6.42 Å². The van der Waals surface area contributed by atoms with Gasteiger partial charge in [-0.25, -0.2) is 0 Å². The van der Waals surface area contributed by atoms with Crippen LogP contribution in [0.1, 0.15) is 41.0 Å². The van der Waals surface area contributed by atoms with Crippen LogP contribution in [0.3, 0.4) is 0 Å². The van der Waals surface area contributed by atoms with Crippen molar-refractivity contribution < 1.29 is 0 Å². The highest BCUT2D eigenvalue weighted by Gasteiger charge is 2.18. The average Bonchev–Trinajstić information content (AvgIpc) is 2.73. The molecule has 2 aromatic rings. The molecule has 0 spiro atoms. The van der Waals surface area contributed by atoms with Crippen molar-refractivity contribution in [3.05, 3.63) is 56.2 Å². The third kappa shape index (κ3) is 3.19. The molecular weight excluding hydrogens is 274 g/mol. The Morgan fingerprint density at radius 1 is 1.37 bits per heavy atom. The summed E-state index contributed by atoms with van der Waals surface area (Å²) in [6.07, 6.45) is 2.30. The predicted octanol–water partition coefficient (Wildman–Crippen LogP) is 4.97. The summed E-state index contributed by atoms with van der Waals surface area (Å²) in [5.74, 6) is 0. The van der Waals surface area contributed by atoms with Gasteiger partial charge < -0.3 is 5.32 Å². The number of thiophene rings is 1. The Labute approximate surface area is 124 Å². The fraction of sp³-hybridized carbons (Fsp3) is 0.375. The van der Waals surface area contributed by atoms with E-state index >= 15 is 0 Å². The molecule has 1 nitrogen and oxygen atoms in total. The van der Waals surface area contributed by atoms with Gasteiger partial charge in [-0.1, -0.05) is 49.2 Å². The molecule has 1 unspecified atom stereocenters.